The van der Waals surface area contributed by atoms with Crippen LogP contribution < -0.4 is 32.7 Å². The predicted molar refractivity (Wildman–Crippen MR) is 70.5 cm³/mol. The van der Waals surface area contributed by atoms with E-state index in [1.165, 1.54) is 0 Å². The van der Waals surface area contributed by atoms with Crippen molar-refractivity contribution in [3.05, 3.63) is 0 Å². The van der Waals surface area contributed by atoms with Crippen LogP contribution >= 0.6 is 0 Å². The molecule has 0 aliphatic heterocycles. The lowest BCUT2D eigenvalue weighted by Gasteiger charge is -2.25. The number of rotatable bonds is 9. The van der Waals surface area contributed by atoms with Crippen molar-refractivity contribution in [2.24, 2.45) is 11.5 Å². The molecule has 11 nitrogen and oxygen atoms in total. The summed E-state index contributed by atoms with van der Waals surface area (Å²) in [6, 6.07) is 0. The summed E-state index contributed by atoms with van der Waals surface area (Å²) in [6.45, 7) is 0.897. The highest BCUT2D eigenvalue weighted by Gasteiger charge is 2.26. The van der Waals surface area contributed by atoms with E-state index in [-0.39, 0.29) is 13.3 Å². The summed E-state index contributed by atoms with van der Waals surface area (Å²) in [5.74, 6) is -4.80. The predicted octanol–water partition coefficient (Wildman–Crippen LogP) is -4.27. The third-order valence-electron chi connectivity index (χ3n) is 2.00. The average Bonchev–Trinajstić information content (AvgIpc) is 2.38. The number of carbonyl (C=O) groups excluding carboxylic acids is 4. The maximum absolute atomic E-state index is 11.6. The SMILES string of the molecule is [2H]OC(C)(NC(=O)CC(=O)NCN)NC(=O)CC(=O)NCN. The Hall–Kier alpha value is -2.24. The minimum atomic E-state index is -1.90. The third kappa shape index (κ3) is 9.32. The molecule has 120 valence electrons. The Kier molecular flexibility index (Phi) is 7.08. The zero-order valence-electron chi connectivity index (χ0n) is 12.5. The van der Waals surface area contributed by atoms with Crippen LogP contribution in [0.15, 0.2) is 0 Å². The highest BCUT2D eigenvalue weighted by molar-refractivity contribution is 5.98. The average molecular weight is 305 g/mol. The zero-order chi connectivity index (χ0) is 17.2. The molecule has 0 aliphatic rings. The van der Waals surface area contributed by atoms with Gasteiger partial charge in [0.2, 0.25) is 30.9 Å². The summed E-state index contributed by atoms with van der Waals surface area (Å²) in [5, 5.41) is 12.9. The number of nitrogens with two attached hydrogens (primary N) is 2. The van der Waals surface area contributed by atoms with Crippen LogP contribution in [0.1, 0.15) is 19.8 Å². The number of hydrogen-bond donors (Lipinski definition) is 7. The number of amides is 4. The van der Waals surface area contributed by atoms with Gasteiger partial charge in [0, 0.05) is 6.92 Å². The van der Waals surface area contributed by atoms with Crippen molar-refractivity contribution in [3.8, 4) is 0 Å². The van der Waals surface area contributed by atoms with E-state index in [1.807, 2.05) is 0 Å². The molecule has 0 saturated heterocycles. The van der Waals surface area contributed by atoms with Gasteiger partial charge in [-0.3, -0.25) is 19.2 Å². The third-order valence-corrected chi connectivity index (χ3v) is 2.00. The molecule has 0 fully saturated rings. The van der Waals surface area contributed by atoms with Crippen LogP contribution in [0.4, 0.5) is 0 Å². The first-order valence-corrected chi connectivity index (χ1v) is 5.96. The molecular weight excluding hydrogens is 284 g/mol. The maximum Gasteiger partial charge on any atom is 0.233 e. The highest BCUT2D eigenvalue weighted by Crippen LogP contribution is 1.95. The topological polar surface area (TPSA) is 189 Å². The second kappa shape index (κ2) is 8.84. The van der Waals surface area contributed by atoms with Crippen molar-refractivity contribution in [1.82, 2.24) is 21.3 Å². The number of aliphatic hydroxyl groups is 1. The summed E-state index contributed by atoms with van der Waals surface area (Å²) in [6.07, 6.45) is -1.14. The molecule has 0 radical (unpaired) electrons. The summed E-state index contributed by atoms with van der Waals surface area (Å²) >= 11 is 0. The number of hydrogen-bond acceptors (Lipinski definition) is 7. The molecular formula is C10H20N6O5. The van der Waals surface area contributed by atoms with Crippen LogP contribution in [-0.4, -0.2) is 49.4 Å². The Bertz CT molecular complexity index is 398. The maximum atomic E-state index is 11.6. The lowest BCUT2D eigenvalue weighted by atomic mass is 10.3. The first-order chi connectivity index (χ1) is 10.3. The molecule has 9 N–H and O–H groups in total. The molecule has 4 amide bonds. The van der Waals surface area contributed by atoms with Crippen LogP contribution in [-0.2, 0) is 19.2 Å². The smallest absolute Gasteiger partial charge is 0.233 e. The van der Waals surface area contributed by atoms with E-state index in [2.05, 4.69) is 26.4 Å². The fraction of sp³-hybridized carbons (Fsp3) is 0.600. The van der Waals surface area contributed by atoms with Gasteiger partial charge in [-0.25, -0.2) is 0 Å². The molecule has 0 atom stereocenters. The minimum absolute atomic E-state index is 0.134. The van der Waals surface area contributed by atoms with Crippen molar-refractivity contribution in [3.63, 3.8) is 0 Å². The van der Waals surface area contributed by atoms with Crippen LogP contribution in [0, 0.1) is 0 Å². The lowest BCUT2D eigenvalue weighted by Crippen LogP contribution is -2.59. The van der Waals surface area contributed by atoms with Gasteiger partial charge in [-0.15, -0.1) is 0 Å². The van der Waals surface area contributed by atoms with E-state index in [9.17, 15) is 19.2 Å². The molecule has 0 aromatic rings. The summed E-state index contributed by atoms with van der Waals surface area (Å²) < 4.78 is 6.90. The Labute approximate surface area is 122 Å². The van der Waals surface area contributed by atoms with Gasteiger partial charge in [0.05, 0.1) is 13.3 Å². The molecule has 21 heavy (non-hydrogen) atoms. The molecule has 11 heteroatoms. The Morgan fingerprint density at radius 3 is 1.62 bits per heavy atom. The summed E-state index contributed by atoms with van der Waals surface area (Å²) in [7, 11) is 0. The van der Waals surface area contributed by atoms with Crippen LogP contribution in [0.2, 0.25) is 0 Å². The zero-order valence-corrected chi connectivity index (χ0v) is 11.5. The lowest BCUT2D eigenvalue weighted by molar-refractivity contribution is -0.139. The first kappa shape index (κ1) is 16.8. The molecule has 0 heterocycles. The molecule has 0 saturated carbocycles. The van der Waals surface area contributed by atoms with Crippen molar-refractivity contribution >= 4 is 23.6 Å². The second-order valence-corrected chi connectivity index (χ2v) is 4.09. The largest absolute Gasteiger partial charge is 0.354 e. The molecule has 0 spiro atoms. The van der Waals surface area contributed by atoms with E-state index in [1.54, 1.807) is 0 Å². The fourth-order valence-corrected chi connectivity index (χ4v) is 1.30. The van der Waals surface area contributed by atoms with Crippen molar-refractivity contribution in [1.29, 1.82) is 1.43 Å². The molecule has 0 aromatic carbocycles. The van der Waals surface area contributed by atoms with Crippen molar-refractivity contribution < 1.29 is 24.3 Å². The van der Waals surface area contributed by atoms with Gasteiger partial charge < -0.3 is 37.8 Å². The summed E-state index contributed by atoms with van der Waals surface area (Å²) in [5.41, 5.74) is 10.1. The first-order valence-electron chi connectivity index (χ1n) is 6.37. The minimum Gasteiger partial charge on any atom is -0.354 e. The number of carbonyl (C=O) groups is 4. The molecule has 0 rings (SSSR count). The Balaban J connectivity index is 4.50. The van der Waals surface area contributed by atoms with Crippen molar-refractivity contribution in [2.75, 3.05) is 13.3 Å². The monoisotopic (exact) mass is 305 g/mol. The second-order valence-electron chi connectivity index (χ2n) is 4.09. The van der Waals surface area contributed by atoms with E-state index in [4.69, 9.17) is 12.9 Å². The van der Waals surface area contributed by atoms with Crippen LogP contribution in [0.5, 0.6) is 0 Å². The van der Waals surface area contributed by atoms with Gasteiger partial charge in [0.25, 0.3) is 0 Å². The highest BCUT2D eigenvalue weighted by atomic mass is 16.3. The molecule has 0 bridgehead atoms. The molecule has 0 aromatic heterocycles. The Morgan fingerprint density at radius 1 is 0.952 bits per heavy atom. The molecule has 0 aliphatic carbocycles. The van der Waals surface area contributed by atoms with Gasteiger partial charge >= 0.3 is 0 Å². The van der Waals surface area contributed by atoms with Gasteiger partial charge in [-0.2, -0.15) is 0 Å². The van der Waals surface area contributed by atoms with Gasteiger partial charge in [0.15, 0.2) is 0 Å². The van der Waals surface area contributed by atoms with Gasteiger partial charge in [-0.05, 0) is 0 Å². The van der Waals surface area contributed by atoms with Crippen LogP contribution in [0.25, 0.3) is 0 Å². The summed E-state index contributed by atoms with van der Waals surface area (Å²) in [4.78, 5) is 45.5. The van der Waals surface area contributed by atoms with E-state index >= 15 is 0 Å². The van der Waals surface area contributed by atoms with E-state index in [0.717, 1.165) is 6.92 Å². The van der Waals surface area contributed by atoms with Gasteiger partial charge in [0.1, 0.15) is 12.8 Å². The van der Waals surface area contributed by atoms with Gasteiger partial charge in [-0.1, -0.05) is 0 Å². The molecule has 0 unspecified atom stereocenters. The number of nitrogens with one attached hydrogen (secondary N) is 4. The van der Waals surface area contributed by atoms with E-state index in [0.29, 0.717) is 0 Å². The van der Waals surface area contributed by atoms with Crippen molar-refractivity contribution in [2.45, 2.75) is 25.6 Å². The van der Waals surface area contributed by atoms with Crippen LogP contribution in [0.3, 0.4) is 0 Å². The normalized spacial score (nSPS) is 11.1. The standard InChI is InChI=1S/C10H20N6O5/c1-10(21,15-8(19)2-6(17)13-4-11)16-9(20)3-7(18)14-5-12/h21H,2-5,11-12H2,1H3,(H,13,17)(H,14,18)(H,15,19)(H,16,20)/i21D. The fourth-order valence-electron chi connectivity index (χ4n) is 1.30. The Morgan fingerprint density at radius 2 is 1.33 bits per heavy atom. The van der Waals surface area contributed by atoms with E-state index < -0.39 is 42.3 Å². The quantitative estimate of drug-likeness (QED) is 0.166.